The molecule has 2 aliphatic carbocycles. The van der Waals surface area contributed by atoms with Crippen LogP contribution in [-0.2, 0) is 4.79 Å². The Balaban J connectivity index is 1.41. The number of unbranched alkanes of at least 4 members (excludes halogenated alkanes) is 2. The van der Waals surface area contributed by atoms with E-state index < -0.39 is 5.82 Å². The first-order valence-corrected chi connectivity index (χ1v) is 11.5. The Hall–Kier alpha value is -1.89. The molecule has 2 saturated carbocycles. The topological polar surface area (TPSA) is 50.1 Å². The normalized spacial score (nSPS) is 27.2. The third kappa shape index (κ3) is 6.04. The molecule has 0 aliphatic heterocycles. The van der Waals surface area contributed by atoms with Gasteiger partial charge in [-0.15, -0.1) is 0 Å². The van der Waals surface area contributed by atoms with Crippen LogP contribution in [0.4, 0.5) is 4.39 Å². The fourth-order valence-corrected chi connectivity index (χ4v) is 5.31. The second-order valence-corrected chi connectivity index (χ2v) is 9.06. The monoisotopic (exact) mass is 399 g/mol. The van der Waals surface area contributed by atoms with E-state index in [0.717, 1.165) is 49.5 Å². The number of nitrogens with zero attached hydrogens (tertiary/aromatic N) is 1. The summed E-state index contributed by atoms with van der Waals surface area (Å²) in [4.78, 5) is 12.5. The third-order valence-electron chi connectivity index (χ3n) is 7.16. The predicted octanol–water partition coefficient (Wildman–Crippen LogP) is 6.80. The molecule has 0 aromatic heterocycles. The molecule has 0 heterocycles. The van der Waals surface area contributed by atoms with Gasteiger partial charge in [0.1, 0.15) is 17.6 Å². The maximum absolute atomic E-state index is 13.7. The maximum atomic E-state index is 13.7. The number of rotatable bonds is 7. The van der Waals surface area contributed by atoms with E-state index in [1.165, 1.54) is 63.5 Å². The quantitative estimate of drug-likeness (QED) is 0.288. The summed E-state index contributed by atoms with van der Waals surface area (Å²) in [7, 11) is 0. The van der Waals surface area contributed by atoms with Crippen LogP contribution in [0.5, 0.6) is 5.75 Å². The molecule has 1 aromatic rings. The molecule has 0 bridgehead atoms. The zero-order valence-corrected chi connectivity index (χ0v) is 17.7. The van der Waals surface area contributed by atoms with E-state index in [4.69, 9.17) is 10.00 Å². The van der Waals surface area contributed by atoms with Gasteiger partial charge in [0.05, 0.1) is 11.5 Å². The lowest BCUT2D eigenvalue weighted by molar-refractivity contribution is -0.140. The predicted molar refractivity (Wildman–Crippen MR) is 112 cm³/mol. The van der Waals surface area contributed by atoms with Gasteiger partial charge in [-0.1, -0.05) is 45.4 Å². The Morgan fingerprint density at radius 2 is 1.72 bits per heavy atom. The molecule has 29 heavy (non-hydrogen) atoms. The van der Waals surface area contributed by atoms with Crippen LogP contribution in [0.1, 0.15) is 89.5 Å². The molecule has 0 unspecified atom stereocenters. The summed E-state index contributed by atoms with van der Waals surface area (Å²) in [5, 5.41) is 8.79. The molecule has 3 nitrogen and oxygen atoms in total. The van der Waals surface area contributed by atoms with Crippen LogP contribution in [-0.4, -0.2) is 5.97 Å². The lowest BCUT2D eigenvalue weighted by Gasteiger charge is -2.37. The average Bonchev–Trinajstić information content (AvgIpc) is 2.75. The van der Waals surface area contributed by atoms with Gasteiger partial charge in [0, 0.05) is 6.07 Å². The Labute approximate surface area is 174 Å². The minimum absolute atomic E-state index is 0.0367. The second kappa shape index (κ2) is 10.8. The van der Waals surface area contributed by atoms with Gasteiger partial charge in [-0.05, 0) is 68.4 Å². The van der Waals surface area contributed by atoms with Gasteiger partial charge in [0.2, 0.25) is 0 Å². The Bertz CT molecular complexity index is 710. The van der Waals surface area contributed by atoms with Crippen molar-refractivity contribution in [1.82, 2.24) is 0 Å². The summed E-state index contributed by atoms with van der Waals surface area (Å²) in [5.74, 6) is 1.73. The van der Waals surface area contributed by atoms with E-state index in [2.05, 4.69) is 6.92 Å². The van der Waals surface area contributed by atoms with Gasteiger partial charge in [0.25, 0.3) is 0 Å². The van der Waals surface area contributed by atoms with Crippen LogP contribution in [0.3, 0.4) is 0 Å². The van der Waals surface area contributed by atoms with Crippen molar-refractivity contribution in [2.24, 2.45) is 23.7 Å². The van der Waals surface area contributed by atoms with Crippen molar-refractivity contribution in [1.29, 1.82) is 5.26 Å². The number of hydrogen-bond donors (Lipinski definition) is 0. The molecule has 0 atom stereocenters. The number of carbonyl (C=O) groups excluding carboxylic acids is 1. The summed E-state index contributed by atoms with van der Waals surface area (Å²) in [5.41, 5.74) is -0.0367. The largest absolute Gasteiger partial charge is 0.426 e. The first-order valence-electron chi connectivity index (χ1n) is 11.5. The minimum atomic E-state index is -0.646. The highest BCUT2D eigenvalue weighted by molar-refractivity contribution is 5.75. The zero-order chi connectivity index (χ0) is 20.6. The smallest absolute Gasteiger partial charge is 0.314 e. The van der Waals surface area contributed by atoms with Crippen molar-refractivity contribution < 1.29 is 13.9 Å². The molecular formula is C25H34FNO2. The molecule has 2 aliphatic rings. The second-order valence-electron chi connectivity index (χ2n) is 9.06. The van der Waals surface area contributed by atoms with Crippen molar-refractivity contribution in [2.75, 3.05) is 0 Å². The van der Waals surface area contributed by atoms with E-state index >= 15 is 0 Å². The fraction of sp³-hybridized carbons (Fsp3) is 0.680. The zero-order valence-electron chi connectivity index (χ0n) is 17.7. The highest BCUT2D eigenvalue weighted by atomic mass is 19.1. The Morgan fingerprint density at radius 1 is 1.07 bits per heavy atom. The molecular weight excluding hydrogens is 365 g/mol. The standard InChI is InChI=1S/C25H34FNO2/c1-2-3-4-5-18-6-8-19(9-7-18)20-10-12-21(13-11-20)25(28)29-23-15-14-22(17-27)24(26)16-23/h14-16,18-21H,2-13H2,1H3/t18-,19-,20?,21?. The van der Waals surface area contributed by atoms with Crippen molar-refractivity contribution >= 4 is 5.97 Å². The molecule has 1 aromatic carbocycles. The number of esters is 1. The lowest BCUT2D eigenvalue weighted by Crippen LogP contribution is -2.30. The number of benzene rings is 1. The highest BCUT2D eigenvalue weighted by Gasteiger charge is 2.33. The van der Waals surface area contributed by atoms with Crippen LogP contribution in [0.25, 0.3) is 0 Å². The molecule has 0 saturated heterocycles. The van der Waals surface area contributed by atoms with Gasteiger partial charge in [-0.25, -0.2) is 4.39 Å². The van der Waals surface area contributed by atoms with Gasteiger partial charge >= 0.3 is 5.97 Å². The highest BCUT2D eigenvalue weighted by Crippen LogP contribution is 2.42. The van der Waals surface area contributed by atoms with Crippen molar-refractivity contribution in [3.8, 4) is 11.8 Å². The van der Waals surface area contributed by atoms with E-state index in [1.54, 1.807) is 6.07 Å². The van der Waals surface area contributed by atoms with E-state index in [9.17, 15) is 9.18 Å². The number of halogens is 1. The minimum Gasteiger partial charge on any atom is -0.426 e. The molecule has 158 valence electrons. The Kier molecular flexibility index (Phi) is 8.09. The number of ether oxygens (including phenoxy) is 1. The van der Waals surface area contributed by atoms with E-state index in [-0.39, 0.29) is 23.2 Å². The number of carbonyl (C=O) groups is 1. The molecule has 0 spiro atoms. The summed E-state index contributed by atoms with van der Waals surface area (Å²) in [6.45, 7) is 2.27. The van der Waals surface area contributed by atoms with Crippen molar-refractivity contribution in [3.63, 3.8) is 0 Å². The van der Waals surface area contributed by atoms with Crippen LogP contribution in [0, 0.1) is 40.8 Å². The molecule has 3 rings (SSSR count). The third-order valence-corrected chi connectivity index (χ3v) is 7.16. The maximum Gasteiger partial charge on any atom is 0.314 e. The number of hydrogen-bond acceptors (Lipinski definition) is 3. The summed E-state index contributed by atoms with van der Waals surface area (Å²) >= 11 is 0. The first kappa shape index (κ1) is 21.8. The summed E-state index contributed by atoms with van der Waals surface area (Å²) in [6.07, 6.45) is 14.9. The Morgan fingerprint density at radius 3 is 2.31 bits per heavy atom. The molecule has 4 heteroatoms. The van der Waals surface area contributed by atoms with E-state index in [0.29, 0.717) is 0 Å². The molecule has 0 radical (unpaired) electrons. The summed E-state index contributed by atoms with van der Waals surface area (Å²) in [6, 6.07) is 5.75. The van der Waals surface area contributed by atoms with Gasteiger partial charge in [-0.2, -0.15) is 5.26 Å². The average molecular weight is 400 g/mol. The van der Waals surface area contributed by atoms with Crippen LogP contribution < -0.4 is 4.74 Å². The van der Waals surface area contributed by atoms with Gasteiger partial charge in [0.15, 0.2) is 0 Å². The van der Waals surface area contributed by atoms with E-state index in [1.807, 2.05) is 0 Å². The van der Waals surface area contributed by atoms with Crippen molar-refractivity contribution in [2.45, 2.75) is 84.0 Å². The SMILES string of the molecule is CCCCC[C@H]1CC[C@H](C2CCC(C(=O)Oc3ccc(C#N)c(F)c3)CC2)CC1. The van der Waals surface area contributed by atoms with Crippen LogP contribution in [0.15, 0.2) is 18.2 Å². The molecule has 2 fully saturated rings. The van der Waals surface area contributed by atoms with Gasteiger partial charge in [-0.3, -0.25) is 4.79 Å². The van der Waals surface area contributed by atoms with Crippen LogP contribution in [0.2, 0.25) is 0 Å². The first-order chi connectivity index (χ1) is 14.1. The van der Waals surface area contributed by atoms with Gasteiger partial charge < -0.3 is 4.74 Å². The summed E-state index contributed by atoms with van der Waals surface area (Å²) < 4.78 is 19.1. The van der Waals surface area contributed by atoms with Crippen LogP contribution >= 0.6 is 0 Å². The number of nitriles is 1. The van der Waals surface area contributed by atoms with Crippen molar-refractivity contribution in [3.05, 3.63) is 29.6 Å². The molecule has 0 amide bonds. The fourth-order valence-electron chi connectivity index (χ4n) is 5.31. The molecule has 0 N–H and O–H groups in total. The lowest BCUT2D eigenvalue weighted by atomic mass is 9.68.